The topological polar surface area (TPSA) is 98.3 Å². The molecule has 8 heteroatoms. The van der Waals surface area contributed by atoms with Gasteiger partial charge < -0.3 is 20.5 Å². The molecule has 0 aliphatic heterocycles. The molecule has 41 heavy (non-hydrogen) atoms. The second-order valence-electron chi connectivity index (χ2n) is 12.5. The van der Waals surface area contributed by atoms with Crippen LogP contribution in [0.15, 0.2) is 42.5 Å². The zero-order valence-corrected chi connectivity index (χ0v) is 25.5. The molecule has 0 saturated heterocycles. The molecule has 2 aromatic carbocycles. The molecular weight excluding hydrogens is 527 g/mol. The molecule has 1 atom stereocenters. The van der Waals surface area contributed by atoms with Crippen LogP contribution in [0.2, 0.25) is 0 Å². The van der Waals surface area contributed by atoms with Gasteiger partial charge in [-0.15, -0.1) is 0 Å². The summed E-state index contributed by atoms with van der Waals surface area (Å²) < 4.78 is 0. The number of hydrogen-bond acceptors (Lipinski definition) is 5. The van der Waals surface area contributed by atoms with Crippen LogP contribution in [0.25, 0.3) is 11.1 Å². The number of aliphatic carboxylic acids is 1. The average molecular weight is 569 g/mol. The summed E-state index contributed by atoms with van der Waals surface area (Å²) in [4.78, 5) is 37.8. The van der Waals surface area contributed by atoms with E-state index in [1.807, 2.05) is 49.6 Å². The van der Waals surface area contributed by atoms with E-state index in [4.69, 9.17) is 0 Å². The maximum absolute atomic E-state index is 13.3. The van der Waals surface area contributed by atoms with Gasteiger partial charge in [0.1, 0.15) is 0 Å². The van der Waals surface area contributed by atoms with Crippen molar-refractivity contribution in [2.24, 2.45) is 23.2 Å². The van der Waals surface area contributed by atoms with Gasteiger partial charge in [0.2, 0.25) is 5.91 Å². The SMILES string of the molecule is CSCC[C@H](NC(=O)c1ccc(CCC(=O)NCC23CC4CC(CC(C4)C2)C3)cc1-c1ccccc1C)C(=O)[O-].[Li+]. The molecule has 2 aromatic rings. The van der Waals surface area contributed by atoms with E-state index < -0.39 is 17.9 Å². The maximum Gasteiger partial charge on any atom is 1.00 e. The molecule has 4 aliphatic rings. The van der Waals surface area contributed by atoms with Gasteiger partial charge in [-0.3, -0.25) is 9.59 Å². The molecule has 2 N–H and O–H groups in total. The second kappa shape index (κ2) is 13.8. The number of hydrogen-bond donors (Lipinski definition) is 2. The van der Waals surface area contributed by atoms with Crippen LogP contribution in [-0.4, -0.2) is 42.4 Å². The third-order valence-corrected chi connectivity index (χ3v) is 10.1. The van der Waals surface area contributed by atoms with E-state index in [1.54, 1.807) is 6.07 Å². The van der Waals surface area contributed by atoms with E-state index in [-0.39, 0.29) is 24.8 Å². The fourth-order valence-electron chi connectivity index (χ4n) is 7.90. The minimum absolute atomic E-state index is 0. The number of carbonyl (C=O) groups excluding carboxylic acids is 3. The standard InChI is InChI=1S/C33H42N2O4S.Li/c1-21-5-3-4-6-26(21)28-16-22(7-9-27(28)31(37)35-29(32(38)39)11-12-40-2)8-10-30(36)34-20-33-17-23-13-24(18-33)15-25(14-23)19-33;/h3-7,9,16,23-25,29H,8,10-15,17-20H2,1-2H3,(H,34,36)(H,35,37)(H,38,39);/q;+1/p-1/t23?,24?,25?,29-,33?;/m0./s1. The molecule has 214 valence electrons. The number of carboxylic acids is 1. The number of aryl methyl sites for hydroxylation is 2. The molecular formula is C33H41LiN2O4S. The molecule has 0 aromatic heterocycles. The van der Waals surface area contributed by atoms with Crippen molar-refractivity contribution in [2.75, 3.05) is 18.6 Å². The average Bonchev–Trinajstić information content (AvgIpc) is 2.92. The third kappa shape index (κ3) is 7.61. The molecule has 6 rings (SSSR count). The van der Waals surface area contributed by atoms with E-state index in [0.717, 1.165) is 46.6 Å². The van der Waals surface area contributed by atoms with E-state index in [2.05, 4.69) is 10.6 Å². The normalized spacial score (nSPS) is 24.8. The molecule has 0 spiro atoms. The molecule has 4 aliphatic carbocycles. The first-order chi connectivity index (χ1) is 19.2. The molecule has 0 unspecified atom stereocenters. The number of amides is 2. The molecule has 4 fully saturated rings. The smallest absolute Gasteiger partial charge is 0.548 e. The number of carboxylic acid groups (broad SMARTS) is 1. The van der Waals surface area contributed by atoms with Gasteiger partial charge in [0.15, 0.2) is 0 Å². The summed E-state index contributed by atoms with van der Waals surface area (Å²) in [5, 5.41) is 17.6. The summed E-state index contributed by atoms with van der Waals surface area (Å²) in [6, 6.07) is 12.4. The van der Waals surface area contributed by atoms with Gasteiger partial charge in [-0.2, -0.15) is 11.8 Å². The molecule has 4 saturated carbocycles. The summed E-state index contributed by atoms with van der Waals surface area (Å²) in [6.07, 6.45) is 11.2. The Labute approximate surface area is 260 Å². The quantitative estimate of drug-likeness (QED) is 0.379. The predicted octanol–water partition coefficient (Wildman–Crippen LogP) is 1.53. The van der Waals surface area contributed by atoms with Gasteiger partial charge in [0.05, 0.1) is 12.0 Å². The maximum atomic E-state index is 13.3. The molecule has 2 amide bonds. The summed E-state index contributed by atoms with van der Waals surface area (Å²) in [5.74, 6) is 1.57. The molecule has 6 nitrogen and oxygen atoms in total. The Morgan fingerprint density at radius 3 is 2.27 bits per heavy atom. The van der Waals surface area contributed by atoms with Crippen LogP contribution >= 0.6 is 11.8 Å². The van der Waals surface area contributed by atoms with Crippen molar-refractivity contribution in [1.82, 2.24) is 10.6 Å². The van der Waals surface area contributed by atoms with Crippen molar-refractivity contribution in [1.29, 1.82) is 0 Å². The van der Waals surface area contributed by atoms with E-state index in [9.17, 15) is 19.5 Å². The number of thioether (sulfide) groups is 1. The Morgan fingerprint density at radius 2 is 1.66 bits per heavy atom. The first-order valence-electron chi connectivity index (χ1n) is 14.7. The third-order valence-electron chi connectivity index (χ3n) is 9.43. The van der Waals surface area contributed by atoms with Crippen molar-refractivity contribution in [2.45, 2.75) is 70.8 Å². The van der Waals surface area contributed by atoms with Crippen molar-refractivity contribution in [3.05, 3.63) is 59.2 Å². The Bertz CT molecular complexity index is 1230. The fourth-order valence-corrected chi connectivity index (χ4v) is 8.37. The Hall–Kier alpha value is -2.20. The zero-order chi connectivity index (χ0) is 28.3. The summed E-state index contributed by atoms with van der Waals surface area (Å²) in [7, 11) is 0. The van der Waals surface area contributed by atoms with Crippen LogP contribution in [0.4, 0.5) is 0 Å². The van der Waals surface area contributed by atoms with Crippen LogP contribution < -0.4 is 34.6 Å². The predicted molar refractivity (Wildman–Crippen MR) is 158 cm³/mol. The van der Waals surface area contributed by atoms with Crippen molar-refractivity contribution in [3.8, 4) is 11.1 Å². The van der Waals surface area contributed by atoms with Gasteiger partial charge in [-0.25, -0.2) is 0 Å². The zero-order valence-electron chi connectivity index (χ0n) is 24.7. The van der Waals surface area contributed by atoms with Gasteiger partial charge >= 0.3 is 18.9 Å². The second-order valence-corrected chi connectivity index (χ2v) is 13.5. The summed E-state index contributed by atoms with van der Waals surface area (Å²) in [5.41, 5.74) is 4.37. The van der Waals surface area contributed by atoms with Crippen molar-refractivity contribution < 1.29 is 38.4 Å². The van der Waals surface area contributed by atoms with E-state index in [0.29, 0.717) is 36.0 Å². The minimum Gasteiger partial charge on any atom is -0.548 e. The first kappa shape index (κ1) is 31.7. The van der Waals surface area contributed by atoms with Gasteiger partial charge in [-0.05, 0) is 122 Å². The Morgan fingerprint density at radius 1 is 1.00 bits per heavy atom. The van der Waals surface area contributed by atoms with Gasteiger partial charge in [0.25, 0.3) is 5.91 Å². The Kier molecular flexibility index (Phi) is 10.7. The number of carbonyl (C=O) groups is 3. The number of benzene rings is 2. The first-order valence-corrected chi connectivity index (χ1v) is 16.1. The van der Waals surface area contributed by atoms with Gasteiger partial charge in [0, 0.05) is 18.5 Å². The van der Waals surface area contributed by atoms with Gasteiger partial charge in [-0.1, -0.05) is 36.4 Å². The molecule has 0 heterocycles. The van der Waals surface area contributed by atoms with E-state index >= 15 is 0 Å². The summed E-state index contributed by atoms with van der Waals surface area (Å²) >= 11 is 1.52. The van der Waals surface area contributed by atoms with Crippen LogP contribution in [0.5, 0.6) is 0 Å². The number of nitrogens with one attached hydrogen (secondary N) is 2. The largest absolute Gasteiger partial charge is 1.00 e. The van der Waals surface area contributed by atoms with E-state index in [1.165, 1.54) is 50.3 Å². The summed E-state index contributed by atoms with van der Waals surface area (Å²) in [6.45, 7) is 2.79. The van der Waals surface area contributed by atoms with Crippen molar-refractivity contribution >= 4 is 29.5 Å². The molecule has 0 radical (unpaired) electrons. The minimum atomic E-state index is -1.28. The van der Waals surface area contributed by atoms with Crippen LogP contribution in [0.3, 0.4) is 0 Å². The van der Waals surface area contributed by atoms with Crippen LogP contribution in [0.1, 0.15) is 72.9 Å². The molecule has 4 bridgehead atoms. The number of rotatable bonds is 12. The fraction of sp³-hybridized carbons (Fsp3) is 0.545. The monoisotopic (exact) mass is 568 g/mol. The van der Waals surface area contributed by atoms with Crippen LogP contribution in [0, 0.1) is 30.1 Å². The van der Waals surface area contributed by atoms with Crippen LogP contribution in [-0.2, 0) is 16.0 Å². The van der Waals surface area contributed by atoms with Crippen molar-refractivity contribution in [3.63, 3.8) is 0 Å². The Balaban J connectivity index is 0.00000387.